The Kier molecular flexibility index (Phi) is 3.62. The number of fused-ring (bicyclic) bond motifs is 3. The first-order valence-corrected chi connectivity index (χ1v) is 8.17. The summed E-state index contributed by atoms with van der Waals surface area (Å²) in [7, 11) is 0. The lowest BCUT2D eigenvalue weighted by Gasteiger charge is -2.19. The lowest BCUT2D eigenvalue weighted by Crippen LogP contribution is -2.13. The van der Waals surface area contributed by atoms with Crippen LogP contribution in [0, 0.1) is 6.92 Å². The molecule has 1 aliphatic rings. The van der Waals surface area contributed by atoms with Gasteiger partial charge >= 0.3 is 6.18 Å². The maximum atomic E-state index is 13.8. The van der Waals surface area contributed by atoms with E-state index in [-0.39, 0.29) is 5.56 Å². The number of benzene rings is 2. The average Bonchev–Trinajstić information content (AvgIpc) is 2.87. The molecule has 126 valence electrons. The Morgan fingerprint density at radius 2 is 1.72 bits per heavy atom. The maximum Gasteiger partial charge on any atom is 0.416 e. The molecule has 0 bridgehead atoms. The van der Waals surface area contributed by atoms with Crippen LogP contribution in [0.3, 0.4) is 0 Å². The normalized spacial score (nSPS) is 15.8. The molecule has 0 fully saturated rings. The van der Waals surface area contributed by atoms with Crippen molar-refractivity contribution in [1.29, 1.82) is 0 Å². The third-order valence-corrected chi connectivity index (χ3v) is 4.73. The quantitative estimate of drug-likeness (QED) is 0.393. The van der Waals surface area contributed by atoms with Crippen LogP contribution in [-0.4, -0.2) is 4.98 Å². The smallest absolute Gasteiger partial charge is 0.253 e. The number of aryl methyl sites for hydroxylation is 1. The predicted molar refractivity (Wildman–Crippen MR) is 91.8 cm³/mol. The monoisotopic (exact) mass is 359 g/mol. The second-order valence-corrected chi connectivity index (χ2v) is 6.58. The number of aromatic nitrogens is 1. The molecule has 0 spiro atoms. The number of alkyl halides is 3. The summed E-state index contributed by atoms with van der Waals surface area (Å²) in [6.07, 6.45) is -4.45. The van der Waals surface area contributed by atoms with Gasteiger partial charge < -0.3 is 0 Å². The molecular formula is C20H13ClF3N. The van der Waals surface area contributed by atoms with Gasteiger partial charge in [-0.3, -0.25) is 4.98 Å². The summed E-state index contributed by atoms with van der Waals surface area (Å²) >= 11 is 6.10. The van der Waals surface area contributed by atoms with Gasteiger partial charge in [-0.05, 0) is 36.2 Å². The topological polar surface area (TPSA) is 12.9 Å². The van der Waals surface area contributed by atoms with Gasteiger partial charge in [0.25, 0.3) is 0 Å². The zero-order chi connectivity index (χ0) is 17.8. The fourth-order valence-electron chi connectivity index (χ4n) is 3.55. The molecule has 0 saturated carbocycles. The molecule has 0 radical (unpaired) electrons. The van der Waals surface area contributed by atoms with Gasteiger partial charge in [-0.1, -0.05) is 48.0 Å². The van der Waals surface area contributed by atoms with E-state index in [0.29, 0.717) is 22.0 Å². The molecule has 1 aromatic heterocycles. The zero-order valence-electron chi connectivity index (χ0n) is 13.2. The van der Waals surface area contributed by atoms with Crippen LogP contribution in [0.2, 0.25) is 5.02 Å². The minimum absolute atomic E-state index is 0.210. The average molecular weight is 360 g/mol. The van der Waals surface area contributed by atoms with E-state index >= 15 is 0 Å². The molecule has 1 aliphatic carbocycles. The minimum Gasteiger partial charge on any atom is -0.253 e. The Morgan fingerprint density at radius 1 is 1.00 bits per heavy atom. The molecular weight excluding hydrogens is 347 g/mol. The highest BCUT2D eigenvalue weighted by molar-refractivity contribution is 6.31. The standard InChI is InChI=1S/C20H13ClF3N/c1-11-9-16(20(22,23)24)18-17(12-5-3-2-4-6-12)14-8-7-13(21)10-15(14)19(18)25-11/h2-10,17H,1H3. The van der Waals surface area contributed by atoms with Crippen LogP contribution in [0.15, 0.2) is 54.6 Å². The van der Waals surface area contributed by atoms with Gasteiger partial charge in [0.05, 0.1) is 11.3 Å². The second-order valence-electron chi connectivity index (χ2n) is 6.15. The predicted octanol–water partition coefficient (Wildman–Crippen LogP) is 6.22. The highest BCUT2D eigenvalue weighted by Gasteiger charge is 2.42. The van der Waals surface area contributed by atoms with Gasteiger partial charge in [-0.15, -0.1) is 0 Å². The van der Waals surface area contributed by atoms with E-state index in [1.165, 1.54) is 0 Å². The number of nitrogens with zero attached hydrogens (tertiary/aromatic N) is 1. The van der Waals surface area contributed by atoms with Crippen LogP contribution in [-0.2, 0) is 6.18 Å². The van der Waals surface area contributed by atoms with E-state index in [0.717, 1.165) is 17.2 Å². The van der Waals surface area contributed by atoms with Crippen LogP contribution >= 0.6 is 11.6 Å². The van der Waals surface area contributed by atoms with E-state index in [4.69, 9.17) is 11.6 Å². The van der Waals surface area contributed by atoms with Crippen LogP contribution in [0.1, 0.15) is 33.9 Å². The highest BCUT2D eigenvalue weighted by atomic mass is 35.5. The molecule has 0 N–H and O–H groups in total. The summed E-state index contributed by atoms with van der Waals surface area (Å²) in [5.74, 6) is -0.506. The molecule has 2 aromatic carbocycles. The summed E-state index contributed by atoms with van der Waals surface area (Å²) in [5, 5.41) is 0.482. The number of halogens is 4. The Morgan fingerprint density at radius 3 is 2.40 bits per heavy atom. The summed E-state index contributed by atoms with van der Waals surface area (Å²) in [6, 6.07) is 15.5. The molecule has 3 aromatic rings. The van der Waals surface area contributed by atoms with Gasteiger partial charge in [0.1, 0.15) is 0 Å². The SMILES string of the molecule is Cc1cc(C(F)(F)F)c2c(n1)-c1cc(Cl)ccc1C2c1ccccc1. The van der Waals surface area contributed by atoms with Crippen molar-refractivity contribution in [3.63, 3.8) is 0 Å². The van der Waals surface area contributed by atoms with E-state index < -0.39 is 17.7 Å². The van der Waals surface area contributed by atoms with Crippen LogP contribution in [0.5, 0.6) is 0 Å². The van der Waals surface area contributed by atoms with Gasteiger partial charge in [0.2, 0.25) is 0 Å². The van der Waals surface area contributed by atoms with Crippen LogP contribution in [0.4, 0.5) is 13.2 Å². The fourth-order valence-corrected chi connectivity index (χ4v) is 3.72. The molecule has 1 nitrogen and oxygen atoms in total. The summed E-state index contributed by atoms with van der Waals surface area (Å²) in [6.45, 7) is 1.58. The van der Waals surface area contributed by atoms with Crippen molar-refractivity contribution in [3.8, 4) is 11.3 Å². The molecule has 1 heterocycles. The van der Waals surface area contributed by atoms with E-state index in [9.17, 15) is 13.2 Å². The first kappa shape index (κ1) is 16.2. The summed E-state index contributed by atoms with van der Waals surface area (Å²) in [5.41, 5.74) is 2.57. The summed E-state index contributed by atoms with van der Waals surface area (Å²) in [4.78, 5) is 4.43. The van der Waals surface area contributed by atoms with Crippen molar-refractivity contribution in [1.82, 2.24) is 4.98 Å². The Balaban J connectivity index is 2.10. The van der Waals surface area contributed by atoms with Gasteiger partial charge in [-0.25, -0.2) is 0 Å². The Labute approximate surface area is 148 Å². The molecule has 1 unspecified atom stereocenters. The fraction of sp³-hybridized carbons (Fsp3) is 0.150. The molecule has 5 heteroatoms. The van der Waals surface area contributed by atoms with E-state index in [1.54, 1.807) is 25.1 Å². The van der Waals surface area contributed by atoms with Crippen molar-refractivity contribution in [2.45, 2.75) is 19.0 Å². The maximum absolute atomic E-state index is 13.8. The first-order chi connectivity index (χ1) is 11.9. The molecule has 4 rings (SSSR count). The van der Waals surface area contributed by atoms with Crippen molar-refractivity contribution < 1.29 is 13.2 Å². The number of hydrogen-bond acceptors (Lipinski definition) is 1. The number of rotatable bonds is 1. The highest BCUT2D eigenvalue weighted by Crippen LogP contribution is 2.52. The second kappa shape index (κ2) is 5.60. The third kappa shape index (κ3) is 2.61. The van der Waals surface area contributed by atoms with Crippen molar-refractivity contribution >= 4 is 11.6 Å². The minimum atomic E-state index is -4.45. The van der Waals surface area contributed by atoms with Gasteiger partial charge in [0.15, 0.2) is 0 Å². The van der Waals surface area contributed by atoms with Gasteiger partial charge in [-0.2, -0.15) is 13.2 Å². The lowest BCUT2D eigenvalue weighted by atomic mass is 9.87. The van der Waals surface area contributed by atoms with E-state index in [1.807, 2.05) is 30.3 Å². The Bertz CT molecular complexity index is 965. The molecule has 1 atom stereocenters. The lowest BCUT2D eigenvalue weighted by molar-refractivity contribution is -0.138. The van der Waals surface area contributed by atoms with Gasteiger partial charge in [0, 0.05) is 27.8 Å². The largest absolute Gasteiger partial charge is 0.416 e. The van der Waals surface area contributed by atoms with E-state index in [2.05, 4.69) is 4.98 Å². The molecule has 0 amide bonds. The van der Waals surface area contributed by atoms with Crippen molar-refractivity contribution in [2.75, 3.05) is 0 Å². The van der Waals surface area contributed by atoms with Crippen molar-refractivity contribution in [2.24, 2.45) is 0 Å². The molecule has 0 saturated heterocycles. The molecule has 25 heavy (non-hydrogen) atoms. The third-order valence-electron chi connectivity index (χ3n) is 4.50. The number of pyridine rings is 1. The summed E-state index contributed by atoms with van der Waals surface area (Å²) < 4.78 is 41.3. The zero-order valence-corrected chi connectivity index (χ0v) is 14.0. The van der Waals surface area contributed by atoms with Crippen LogP contribution < -0.4 is 0 Å². The van der Waals surface area contributed by atoms with Crippen LogP contribution in [0.25, 0.3) is 11.3 Å². The number of hydrogen-bond donors (Lipinski definition) is 0. The first-order valence-electron chi connectivity index (χ1n) is 7.80. The Hall–Kier alpha value is -2.33. The molecule has 0 aliphatic heterocycles. The van der Waals surface area contributed by atoms with Crippen molar-refractivity contribution in [3.05, 3.63) is 87.6 Å².